The van der Waals surface area contributed by atoms with Gasteiger partial charge in [-0.3, -0.25) is 18.3 Å². The number of allylic oxidation sites excluding steroid dienone is 5. The molecule has 0 aliphatic heterocycles. The summed E-state index contributed by atoms with van der Waals surface area (Å²) in [7, 11) is -12.6. The zero-order valence-electron chi connectivity index (χ0n) is 27.7. The van der Waals surface area contributed by atoms with Crippen molar-refractivity contribution in [2.45, 2.75) is 41.6 Å². The molecule has 1 aliphatic carbocycles. The van der Waals surface area contributed by atoms with Crippen molar-refractivity contribution in [1.82, 2.24) is 0 Å². The van der Waals surface area contributed by atoms with Gasteiger partial charge >= 0.3 is 0 Å². The van der Waals surface area contributed by atoms with Crippen LogP contribution in [0.1, 0.15) is 36.1 Å². The summed E-state index contributed by atoms with van der Waals surface area (Å²) >= 11 is 0. The van der Waals surface area contributed by atoms with Crippen LogP contribution in [-0.4, -0.2) is 53.2 Å². The van der Waals surface area contributed by atoms with Crippen LogP contribution in [0.3, 0.4) is 0 Å². The van der Waals surface area contributed by atoms with Gasteiger partial charge in [0.2, 0.25) is 0 Å². The molecule has 11 nitrogen and oxygen atoms in total. The lowest BCUT2D eigenvalue weighted by Gasteiger charge is -2.24. The van der Waals surface area contributed by atoms with Gasteiger partial charge in [0.1, 0.15) is 0 Å². The van der Waals surface area contributed by atoms with Crippen molar-refractivity contribution in [3.8, 4) is 0 Å². The third-order valence-corrected chi connectivity index (χ3v) is 11.1. The van der Waals surface area contributed by atoms with Gasteiger partial charge in [0.25, 0.3) is 30.4 Å². The Kier molecular flexibility index (Phi) is 11.5. The quantitative estimate of drug-likeness (QED) is 0.114. The number of aliphatic imine (C=N–C) groups is 1. The van der Waals surface area contributed by atoms with E-state index in [2.05, 4.69) is 4.99 Å². The molecule has 1 aliphatic rings. The first-order valence-corrected chi connectivity index (χ1v) is 20.1. The largest absolute Gasteiger partial charge is 0.367 e. The maximum Gasteiger partial charge on any atom is 0.296 e. The summed E-state index contributed by atoms with van der Waals surface area (Å²) in [6.45, 7) is 4.85. The van der Waals surface area contributed by atoms with Crippen LogP contribution in [0.2, 0.25) is 0 Å². The van der Waals surface area contributed by atoms with Crippen LogP contribution in [0, 0.1) is 0 Å². The molecule has 0 amide bonds. The van der Waals surface area contributed by atoms with E-state index in [0.29, 0.717) is 35.5 Å². The molecule has 0 aromatic heterocycles. The molecule has 5 rings (SSSR count). The molecule has 51 heavy (non-hydrogen) atoms. The molecule has 0 bridgehead atoms. The average molecular weight is 749 g/mol. The maximum atomic E-state index is 12.3. The highest BCUT2D eigenvalue weighted by Gasteiger charge is 2.17. The predicted molar refractivity (Wildman–Crippen MR) is 196 cm³/mol. The third-order valence-electron chi connectivity index (χ3n) is 7.97. The van der Waals surface area contributed by atoms with E-state index in [9.17, 15) is 34.4 Å². The van der Waals surface area contributed by atoms with Gasteiger partial charge in [-0.25, -0.2) is 0 Å². The first kappa shape index (κ1) is 37.6. The molecule has 2 N–H and O–H groups in total. The molecule has 0 radical (unpaired) electrons. The van der Waals surface area contributed by atoms with Crippen LogP contribution in [0.5, 0.6) is 0 Å². The highest BCUT2D eigenvalue weighted by molar-refractivity contribution is 7.87. The minimum atomic E-state index is -4.39. The van der Waals surface area contributed by atoms with Gasteiger partial charge in [0.15, 0.2) is 0 Å². The number of anilines is 1. The zero-order valence-corrected chi connectivity index (χ0v) is 30.2. The maximum absolute atomic E-state index is 12.3. The Morgan fingerprint density at radius 3 is 1.78 bits per heavy atom. The van der Waals surface area contributed by atoms with E-state index >= 15 is 0 Å². The summed E-state index contributed by atoms with van der Waals surface area (Å²) < 4.78 is 95.3. The lowest BCUT2D eigenvalue weighted by Crippen LogP contribution is -2.22. The Labute approximate surface area is 298 Å². The van der Waals surface area contributed by atoms with E-state index in [1.807, 2.05) is 60.4 Å². The highest BCUT2D eigenvalue weighted by Crippen LogP contribution is 2.32. The number of hydrogen-bond donors (Lipinski definition) is 2. The number of rotatable bonds is 13. The van der Waals surface area contributed by atoms with Crippen molar-refractivity contribution in [1.29, 1.82) is 0 Å². The normalized spacial score (nSPS) is 13.3. The van der Waals surface area contributed by atoms with E-state index in [4.69, 9.17) is 4.18 Å². The molecule has 4 aromatic rings. The Balaban J connectivity index is 1.45. The number of nitrogens with zero attached hydrogens (tertiary/aromatic N) is 2. The minimum absolute atomic E-state index is 0.0330. The van der Waals surface area contributed by atoms with Gasteiger partial charge in [0, 0.05) is 18.8 Å². The Morgan fingerprint density at radius 2 is 1.22 bits per heavy atom. The minimum Gasteiger partial charge on any atom is -0.367 e. The fourth-order valence-electron chi connectivity index (χ4n) is 5.48. The average Bonchev–Trinajstić information content (AvgIpc) is 3.10. The van der Waals surface area contributed by atoms with Crippen molar-refractivity contribution in [3.05, 3.63) is 149 Å². The van der Waals surface area contributed by atoms with Crippen molar-refractivity contribution in [3.63, 3.8) is 0 Å². The molecule has 266 valence electrons. The molecule has 0 spiro atoms. The van der Waals surface area contributed by atoms with Gasteiger partial charge in [-0.05, 0) is 108 Å². The fraction of sp³-hybridized carbons (Fsp3) is 0.162. The smallest absolute Gasteiger partial charge is 0.296 e. The number of hydrogen-bond acceptors (Lipinski definition) is 9. The summed E-state index contributed by atoms with van der Waals surface area (Å²) in [6, 6.07) is 26.2. The van der Waals surface area contributed by atoms with E-state index < -0.39 is 30.4 Å². The molecule has 0 atom stereocenters. The molecular formula is C37H36N2O9S3. The molecule has 14 heteroatoms. The highest BCUT2D eigenvalue weighted by atomic mass is 32.2. The van der Waals surface area contributed by atoms with Gasteiger partial charge in [-0.1, -0.05) is 60.7 Å². The molecule has 0 saturated heterocycles. The van der Waals surface area contributed by atoms with E-state index in [1.165, 1.54) is 36.4 Å². The molecular weight excluding hydrogens is 713 g/mol. The van der Waals surface area contributed by atoms with Gasteiger partial charge in [-0.2, -0.15) is 25.3 Å². The van der Waals surface area contributed by atoms with Crippen molar-refractivity contribution in [2.75, 3.05) is 18.1 Å². The second-order valence-electron chi connectivity index (χ2n) is 11.4. The second-order valence-corrected chi connectivity index (χ2v) is 15.9. The lowest BCUT2D eigenvalue weighted by molar-refractivity contribution is 0.338. The first-order valence-electron chi connectivity index (χ1n) is 15.8. The van der Waals surface area contributed by atoms with Crippen LogP contribution in [-0.2, 0) is 47.6 Å². The molecule has 0 unspecified atom stereocenters. The van der Waals surface area contributed by atoms with Crippen LogP contribution in [0.25, 0.3) is 5.57 Å². The zero-order chi connectivity index (χ0) is 36.8. The van der Waals surface area contributed by atoms with E-state index in [0.717, 1.165) is 22.4 Å². The van der Waals surface area contributed by atoms with Crippen molar-refractivity contribution in [2.24, 2.45) is 4.99 Å². The van der Waals surface area contributed by atoms with Gasteiger partial charge < -0.3 is 4.90 Å². The summed E-state index contributed by atoms with van der Waals surface area (Å²) in [4.78, 5) is 6.33. The Hall–Kier alpha value is -4.70. The monoisotopic (exact) mass is 748 g/mol. The van der Waals surface area contributed by atoms with E-state index in [-0.39, 0.29) is 27.8 Å². The lowest BCUT2D eigenvalue weighted by atomic mass is 9.90. The third kappa shape index (κ3) is 9.55. The second kappa shape index (κ2) is 15.7. The van der Waals surface area contributed by atoms with Gasteiger partial charge in [-0.15, -0.1) is 0 Å². The van der Waals surface area contributed by atoms with Gasteiger partial charge in [0.05, 0.1) is 33.5 Å². The van der Waals surface area contributed by atoms with E-state index in [1.54, 1.807) is 43.3 Å². The standard InChI is InChI=1S/C37H36N2O9S3/c1-3-39(26-28-8-6-9-35(24-28)50(43,44)45)33-19-13-30(14-20-33)37(31-15-21-34(22-16-31)49(40,41)42)29-11-17-32(18-12-29)38-25-27-7-5-10-36(23-27)51(46,47)48-4-2/h5-24H,3-4,25-26H2,1-2H3,(H,40,41,42)(H,43,44,45). The summed E-state index contributed by atoms with van der Waals surface area (Å²) in [6.07, 6.45) is 7.43. The van der Waals surface area contributed by atoms with Crippen molar-refractivity contribution < 1.29 is 38.5 Å². The summed E-state index contributed by atoms with van der Waals surface area (Å²) in [5, 5.41) is 0. The number of benzene rings is 4. The van der Waals surface area contributed by atoms with Crippen LogP contribution < -0.4 is 4.90 Å². The summed E-state index contributed by atoms with van der Waals surface area (Å²) in [5.74, 6) is 0. The molecule has 0 saturated carbocycles. The topological polar surface area (TPSA) is 168 Å². The van der Waals surface area contributed by atoms with Crippen LogP contribution in [0.4, 0.5) is 5.69 Å². The molecule has 0 heterocycles. The van der Waals surface area contributed by atoms with Crippen LogP contribution >= 0.6 is 0 Å². The fourth-order valence-corrected chi connectivity index (χ4v) is 7.50. The Bertz CT molecular complexity index is 2350. The van der Waals surface area contributed by atoms with Crippen molar-refractivity contribution >= 4 is 47.3 Å². The van der Waals surface area contributed by atoms with Crippen LogP contribution in [0.15, 0.2) is 147 Å². The molecule has 0 fully saturated rings. The first-order chi connectivity index (χ1) is 24.2. The summed E-state index contributed by atoms with van der Waals surface area (Å²) in [5.41, 5.74) is 6.03. The molecule has 4 aromatic carbocycles. The SMILES string of the molecule is CCOS(=O)(=O)c1cccc(CN=C2C=CC(=C(c3ccc(N(CC)Cc4cccc(S(=O)(=O)O)c4)cc3)c3ccc(S(=O)(=O)O)cc3)C=C2)c1. The Morgan fingerprint density at radius 1 is 0.667 bits per heavy atom. The predicted octanol–water partition coefficient (Wildman–Crippen LogP) is 6.50.